The van der Waals surface area contributed by atoms with Crippen LogP contribution < -0.4 is 0 Å². The average molecular weight is 616 g/mol. The normalized spacial score (nSPS) is 41.5. The van der Waals surface area contributed by atoms with E-state index in [0.717, 1.165) is 5.57 Å². The first-order valence-electron chi connectivity index (χ1n) is 15.4. The molecule has 11 heteroatoms. The van der Waals surface area contributed by atoms with Crippen molar-refractivity contribution in [3.05, 3.63) is 47.8 Å². The summed E-state index contributed by atoms with van der Waals surface area (Å²) in [6, 6.07) is 3.36. The summed E-state index contributed by atoms with van der Waals surface area (Å²) in [5, 5.41) is 12.0. The number of hydrogen-bond acceptors (Lipinski definition) is 10. The number of methoxy groups -OCH3 is 1. The first-order chi connectivity index (χ1) is 20.7. The molecule has 3 heterocycles. The van der Waals surface area contributed by atoms with Gasteiger partial charge in [0.25, 0.3) is 0 Å². The molecule has 1 saturated heterocycles. The molecule has 2 fully saturated rings. The zero-order valence-electron chi connectivity index (χ0n) is 26.6. The smallest absolute Gasteiger partial charge is 0.456 e. The maximum Gasteiger partial charge on any atom is 0.508 e. The number of aliphatic hydroxyl groups is 1. The first-order valence-corrected chi connectivity index (χ1v) is 15.4. The molecule has 242 valence electrons. The molecule has 0 radical (unpaired) electrons. The number of hydrogen-bond donors (Lipinski definition) is 2. The standard InChI is InChI=1S/C33H45NO10/c1-16(2)40-31(38)41-20(6)25-17(3)14-18(4)33-21(15-23(39-8)30(37)42-25)11-12-32(7)27(33)24(35)19(5)26(28(32)44-33)43-29(36)22-10-9-13-34-22/h9-14,16-17,19-21,23-28,34-35H,15H2,1-8H3/b18-14+/t17-,19-,20-,21-,23+,24-,25+,26-,27-,28+,32-,33+/m1/s1. The van der Waals surface area contributed by atoms with Gasteiger partial charge in [0.05, 0.1) is 12.2 Å². The third-order valence-corrected chi connectivity index (χ3v) is 10.1. The predicted octanol–water partition coefficient (Wildman–Crippen LogP) is 4.36. The highest BCUT2D eigenvalue weighted by molar-refractivity contribution is 5.87. The molecule has 4 bridgehead atoms. The lowest BCUT2D eigenvalue weighted by molar-refractivity contribution is -0.173. The van der Waals surface area contributed by atoms with E-state index in [-0.39, 0.29) is 18.4 Å². The number of ether oxygens (including phenoxy) is 6. The summed E-state index contributed by atoms with van der Waals surface area (Å²) in [4.78, 5) is 41.8. The van der Waals surface area contributed by atoms with Crippen LogP contribution >= 0.6 is 0 Å². The second-order valence-electron chi connectivity index (χ2n) is 13.3. The van der Waals surface area contributed by atoms with Gasteiger partial charge in [-0.15, -0.1) is 0 Å². The molecular formula is C33H45NO10. The van der Waals surface area contributed by atoms with E-state index in [2.05, 4.69) is 4.98 Å². The maximum atomic E-state index is 13.5. The second kappa shape index (κ2) is 12.0. The summed E-state index contributed by atoms with van der Waals surface area (Å²) in [7, 11) is 1.45. The Hall–Kier alpha value is -3.15. The molecule has 0 aromatic carbocycles. The highest BCUT2D eigenvalue weighted by atomic mass is 16.7. The molecule has 4 aliphatic rings. The van der Waals surface area contributed by atoms with Gasteiger partial charge in [0.15, 0.2) is 6.10 Å². The highest BCUT2D eigenvalue weighted by Crippen LogP contribution is 2.66. The van der Waals surface area contributed by atoms with Gasteiger partial charge in [0, 0.05) is 42.4 Å². The summed E-state index contributed by atoms with van der Waals surface area (Å²) in [6.45, 7) is 12.8. The number of nitrogens with one attached hydrogen (secondary N) is 1. The van der Waals surface area contributed by atoms with Crippen molar-refractivity contribution in [1.29, 1.82) is 0 Å². The van der Waals surface area contributed by atoms with Crippen LogP contribution in [0, 0.1) is 29.1 Å². The Labute approximate surface area is 258 Å². The van der Waals surface area contributed by atoms with Crippen LogP contribution in [0.4, 0.5) is 4.79 Å². The fraction of sp³-hybridized carbons (Fsp3) is 0.667. The van der Waals surface area contributed by atoms with Crippen molar-refractivity contribution in [2.45, 2.75) is 103 Å². The van der Waals surface area contributed by atoms with Crippen molar-refractivity contribution < 1.29 is 47.9 Å². The van der Waals surface area contributed by atoms with E-state index in [1.165, 1.54) is 7.11 Å². The van der Waals surface area contributed by atoms with Gasteiger partial charge in [-0.05, 0) is 51.8 Å². The summed E-state index contributed by atoms with van der Waals surface area (Å²) in [6.07, 6.45) is 1.86. The lowest BCUT2D eigenvalue weighted by Crippen LogP contribution is -2.61. The van der Waals surface area contributed by atoms with E-state index in [4.69, 9.17) is 28.4 Å². The van der Waals surface area contributed by atoms with Gasteiger partial charge in [0.2, 0.25) is 0 Å². The average Bonchev–Trinajstić information content (AvgIpc) is 3.53. The largest absolute Gasteiger partial charge is 0.508 e. The third-order valence-electron chi connectivity index (χ3n) is 10.1. The highest BCUT2D eigenvalue weighted by Gasteiger charge is 2.73. The van der Waals surface area contributed by atoms with Gasteiger partial charge < -0.3 is 38.5 Å². The zero-order valence-corrected chi connectivity index (χ0v) is 26.6. The van der Waals surface area contributed by atoms with E-state index in [9.17, 15) is 19.5 Å². The van der Waals surface area contributed by atoms with Gasteiger partial charge in [-0.3, -0.25) is 0 Å². The number of rotatable bonds is 6. The summed E-state index contributed by atoms with van der Waals surface area (Å²) in [5.41, 5.74) is -0.555. The van der Waals surface area contributed by atoms with Gasteiger partial charge >= 0.3 is 18.1 Å². The number of esters is 2. The minimum Gasteiger partial charge on any atom is -0.456 e. The number of H-pyrrole nitrogens is 1. The number of cyclic esters (lactones) is 1. The molecule has 1 spiro atoms. The first kappa shape index (κ1) is 32.2. The molecule has 11 nitrogen and oxygen atoms in total. The molecule has 44 heavy (non-hydrogen) atoms. The lowest BCUT2D eigenvalue weighted by atomic mass is 9.51. The third kappa shape index (κ3) is 5.26. The fourth-order valence-corrected chi connectivity index (χ4v) is 7.96. The van der Waals surface area contributed by atoms with Crippen LogP contribution in [0.5, 0.6) is 0 Å². The molecule has 2 N–H and O–H groups in total. The molecule has 0 unspecified atom stereocenters. The SMILES string of the molecule is CO[C@H]1C[C@H]2C=C[C@]3(C)[C@H]4[C@H](O)[C@@H](C)[C@@H](OC(=O)c5ccc[nH]5)[C@@H]3O[C@@]24/C(C)=C/[C@@H](C)[C@@H]([C@@H](C)OC(=O)OC(C)C)OC1=O. The Morgan fingerprint density at radius 2 is 1.91 bits per heavy atom. The van der Waals surface area contributed by atoms with Crippen LogP contribution in [0.3, 0.4) is 0 Å². The number of carbonyl (C=O) groups excluding carboxylic acids is 3. The Kier molecular flexibility index (Phi) is 8.78. The molecule has 12 atom stereocenters. The second-order valence-corrected chi connectivity index (χ2v) is 13.3. The topological polar surface area (TPSA) is 143 Å². The van der Waals surface area contributed by atoms with Crippen molar-refractivity contribution >= 4 is 18.1 Å². The summed E-state index contributed by atoms with van der Waals surface area (Å²) >= 11 is 0. The molecule has 1 saturated carbocycles. The van der Waals surface area contributed by atoms with Crippen molar-refractivity contribution in [3.8, 4) is 0 Å². The van der Waals surface area contributed by atoms with Crippen molar-refractivity contribution in [2.24, 2.45) is 29.1 Å². The predicted molar refractivity (Wildman–Crippen MR) is 157 cm³/mol. The molecule has 2 aliphatic carbocycles. The molecular weight excluding hydrogens is 570 g/mol. The van der Waals surface area contributed by atoms with Crippen molar-refractivity contribution in [3.63, 3.8) is 0 Å². The minimum atomic E-state index is -1.04. The lowest BCUT2D eigenvalue weighted by Gasteiger charge is -2.53. The van der Waals surface area contributed by atoms with Crippen LogP contribution in [-0.2, 0) is 33.2 Å². The molecule has 1 aromatic rings. The van der Waals surface area contributed by atoms with E-state index < -0.39 is 83.5 Å². The Bertz CT molecular complexity index is 1310. The van der Waals surface area contributed by atoms with Gasteiger partial charge in [0.1, 0.15) is 35.7 Å². The quantitative estimate of drug-likeness (QED) is 0.269. The van der Waals surface area contributed by atoms with Crippen LogP contribution in [0.15, 0.2) is 42.1 Å². The van der Waals surface area contributed by atoms with E-state index in [1.54, 1.807) is 39.1 Å². The summed E-state index contributed by atoms with van der Waals surface area (Å²) in [5.74, 6) is -2.74. The van der Waals surface area contributed by atoms with E-state index in [1.807, 2.05) is 45.9 Å². The zero-order chi connectivity index (χ0) is 32.1. The van der Waals surface area contributed by atoms with E-state index in [0.29, 0.717) is 5.69 Å². The Balaban J connectivity index is 1.55. The summed E-state index contributed by atoms with van der Waals surface area (Å²) < 4.78 is 35.4. The number of aromatic nitrogens is 1. The Morgan fingerprint density at radius 3 is 2.55 bits per heavy atom. The monoisotopic (exact) mass is 615 g/mol. The fourth-order valence-electron chi connectivity index (χ4n) is 7.96. The number of aliphatic hydroxyl groups excluding tert-OH is 1. The number of carbonyl (C=O) groups is 3. The van der Waals surface area contributed by atoms with Crippen LogP contribution in [0.1, 0.15) is 65.4 Å². The maximum absolute atomic E-state index is 13.5. The number of aromatic amines is 1. The van der Waals surface area contributed by atoms with Crippen molar-refractivity contribution in [1.82, 2.24) is 4.98 Å². The van der Waals surface area contributed by atoms with Gasteiger partial charge in [-0.1, -0.05) is 39.0 Å². The Morgan fingerprint density at radius 1 is 1.18 bits per heavy atom. The molecule has 2 aliphatic heterocycles. The van der Waals surface area contributed by atoms with Crippen LogP contribution in [0.25, 0.3) is 0 Å². The minimum absolute atomic E-state index is 0.218. The van der Waals surface area contributed by atoms with Crippen LogP contribution in [0.2, 0.25) is 0 Å². The van der Waals surface area contributed by atoms with Crippen molar-refractivity contribution in [2.75, 3.05) is 7.11 Å². The van der Waals surface area contributed by atoms with E-state index >= 15 is 0 Å². The van der Waals surface area contributed by atoms with Gasteiger partial charge in [-0.2, -0.15) is 0 Å². The molecule has 1 aromatic heterocycles. The van der Waals surface area contributed by atoms with Gasteiger partial charge in [-0.25, -0.2) is 14.4 Å². The van der Waals surface area contributed by atoms with Crippen LogP contribution in [-0.4, -0.2) is 83.6 Å². The molecule has 0 amide bonds. The molecule has 5 rings (SSSR count).